The van der Waals surface area contributed by atoms with Crippen LogP contribution >= 0.6 is 24.0 Å². The van der Waals surface area contributed by atoms with Gasteiger partial charge in [0.2, 0.25) is 0 Å². The Balaban J connectivity index is 1.84. The maximum Gasteiger partial charge on any atom is 0.343 e. The minimum Gasteiger partial charge on any atom is -0.490 e. The molecule has 5 nitrogen and oxygen atoms in total. The van der Waals surface area contributed by atoms with Gasteiger partial charge in [0.25, 0.3) is 5.91 Å². The van der Waals surface area contributed by atoms with Gasteiger partial charge in [0.05, 0.1) is 17.1 Å². The van der Waals surface area contributed by atoms with Crippen molar-refractivity contribution in [1.82, 2.24) is 5.32 Å². The molecule has 1 N–H and O–H groups in total. The number of carbonyl (C=O) groups is 2. The number of hydrogen-bond donors (Lipinski definition) is 1. The highest BCUT2D eigenvalue weighted by atomic mass is 32.2. The molecule has 0 aromatic heterocycles. The number of nitrogens with one attached hydrogen (secondary N) is 1. The molecule has 1 aliphatic rings. The lowest BCUT2D eigenvalue weighted by molar-refractivity contribution is -0.115. The summed E-state index contributed by atoms with van der Waals surface area (Å²) in [5, 5.41) is 2.55. The molecular formula is C19H14FNO4S2. The van der Waals surface area contributed by atoms with Gasteiger partial charge in [-0.25, -0.2) is 9.18 Å². The zero-order chi connectivity index (χ0) is 19.4. The van der Waals surface area contributed by atoms with Gasteiger partial charge in [0.1, 0.15) is 10.1 Å². The number of amides is 1. The molecule has 0 bridgehead atoms. The van der Waals surface area contributed by atoms with E-state index in [1.807, 2.05) is 0 Å². The van der Waals surface area contributed by atoms with Gasteiger partial charge in [-0.2, -0.15) is 0 Å². The Hall–Kier alpha value is -2.71. The first-order valence-electron chi connectivity index (χ1n) is 7.95. The van der Waals surface area contributed by atoms with Crippen LogP contribution in [0.15, 0.2) is 47.4 Å². The number of esters is 1. The predicted octanol–water partition coefficient (Wildman–Crippen LogP) is 3.93. The van der Waals surface area contributed by atoms with Gasteiger partial charge in [-0.05, 0) is 55.0 Å². The molecular weight excluding hydrogens is 389 g/mol. The van der Waals surface area contributed by atoms with Crippen molar-refractivity contribution in [2.75, 3.05) is 6.61 Å². The number of rotatable bonds is 5. The average molecular weight is 403 g/mol. The number of thioether (sulfide) groups is 1. The number of halogens is 1. The minimum atomic E-state index is -0.627. The lowest BCUT2D eigenvalue weighted by Gasteiger charge is -2.11. The van der Waals surface area contributed by atoms with Crippen LogP contribution in [-0.2, 0) is 4.79 Å². The van der Waals surface area contributed by atoms with E-state index in [9.17, 15) is 14.0 Å². The van der Waals surface area contributed by atoms with Crippen LogP contribution in [0.1, 0.15) is 22.8 Å². The number of carbonyl (C=O) groups excluding carboxylic acids is 2. The second kappa shape index (κ2) is 8.32. The fourth-order valence-electron chi connectivity index (χ4n) is 2.28. The van der Waals surface area contributed by atoms with Crippen molar-refractivity contribution >= 4 is 46.3 Å². The van der Waals surface area contributed by atoms with Crippen LogP contribution in [0.2, 0.25) is 0 Å². The number of thiocarbonyl (C=S) groups is 1. The Bertz CT molecular complexity index is 941. The molecule has 0 atom stereocenters. The third kappa shape index (κ3) is 4.72. The maximum absolute atomic E-state index is 13.0. The highest BCUT2D eigenvalue weighted by Crippen LogP contribution is 2.32. The van der Waals surface area contributed by atoms with Crippen molar-refractivity contribution in [2.24, 2.45) is 0 Å². The highest BCUT2D eigenvalue weighted by molar-refractivity contribution is 8.26. The van der Waals surface area contributed by atoms with Crippen molar-refractivity contribution in [3.8, 4) is 11.5 Å². The van der Waals surface area contributed by atoms with Gasteiger partial charge in [-0.15, -0.1) is 0 Å². The summed E-state index contributed by atoms with van der Waals surface area (Å²) < 4.78 is 24.3. The van der Waals surface area contributed by atoms with E-state index in [4.69, 9.17) is 21.7 Å². The Kier molecular flexibility index (Phi) is 5.88. The van der Waals surface area contributed by atoms with E-state index in [0.29, 0.717) is 27.1 Å². The molecule has 2 aromatic rings. The van der Waals surface area contributed by atoms with Crippen LogP contribution in [0.5, 0.6) is 11.5 Å². The van der Waals surface area contributed by atoms with Crippen LogP contribution in [0.25, 0.3) is 6.08 Å². The second-order valence-corrected chi connectivity index (χ2v) is 7.11. The molecule has 27 heavy (non-hydrogen) atoms. The SMILES string of the molecule is CCOc1cc(C=C2SC(=S)NC2=O)ccc1OC(=O)c1ccc(F)cc1. The Morgan fingerprint density at radius 1 is 1.22 bits per heavy atom. The van der Waals surface area contributed by atoms with Gasteiger partial charge in [-0.3, -0.25) is 4.79 Å². The largest absolute Gasteiger partial charge is 0.490 e. The van der Waals surface area contributed by atoms with Crippen LogP contribution in [-0.4, -0.2) is 22.8 Å². The molecule has 3 rings (SSSR count). The molecule has 1 aliphatic heterocycles. The quantitative estimate of drug-likeness (QED) is 0.353. The Morgan fingerprint density at radius 3 is 2.59 bits per heavy atom. The third-order valence-corrected chi connectivity index (χ3v) is 4.65. The summed E-state index contributed by atoms with van der Waals surface area (Å²) >= 11 is 6.14. The third-order valence-electron chi connectivity index (χ3n) is 3.49. The van der Waals surface area contributed by atoms with Crippen LogP contribution in [0, 0.1) is 5.82 Å². The topological polar surface area (TPSA) is 64.6 Å². The molecule has 0 spiro atoms. The smallest absolute Gasteiger partial charge is 0.343 e. The fourth-order valence-corrected chi connectivity index (χ4v) is 3.33. The molecule has 138 valence electrons. The molecule has 2 aromatic carbocycles. The first-order valence-corrected chi connectivity index (χ1v) is 9.18. The summed E-state index contributed by atoms with van der Waals surface area (Å²) in [5.41, 5.74) is 0.917. The second-order valence-electron chi connectivity index (χ2n) is 5.39. The molecule has 1 fully saturated rings. The summed E-state index contributed by atoms with van der Waals surface area (Å²) in [4.78, 5) is 24.5. The summed E-state index contributed by atoms with van der Waals surface area (Å²) in [6.07, 6.45) is 1.67. The van der Waals surface area contributed by atoms with Gasteiger partial charge in [0.15, 0.2) is 11.5 Å². The molecule has 0 aliphatic carbocycles. The molecule has 0 radical (unpaired) electrons. The molecule has 1 amide bonds. The van der Waals surface area contributed by atoms with E-state index in [-0.39, 0.29) is 17.2 Å². The van der Waals surface area contributed by atoms with Crippen LogP contribution in [0.4, 0.5) is 4.39 Å². The molecule has 0 saturated carbocycles. The molecule has 8 heteroatoms. The van der Waals surface area contributed by atoms with Crippen molar-refractivity contribution in [3.05, 3.63) is 64.3 Å². The summed E-state index contributed by atoms with van der Waals surface area (Å²) in [6.45, 7) is 2.16. The summed E-state index contributed by atoms with van der Waals surface area (Å²) in [5.74, 6) is -0.735. The molecule has 1 saturated heterocycles. The van der Waals surface area contributed by atoms with E-state index >= 15 is 0 Å². The van der Waals surface area contributed by atoms with Crippen molar-refractivity contribution in [3.63, 3.8) is 0 Å². The summed E-state index contributed by atoms with van der Waals surface area (Å²) in [7, 11) is 0. The van der Waals surface area contributed by atoms with Crippen LogP contribution in [0.3, 0.4) is 0 Å². The zero-order valence-electron chi connectivity index (χ0n) is 14.2. The highest BCUT2D eigenvalue weighted by Gasteiger charge is 2.22. The zero-order valence-corrected chi connectivity index (χ0v) is 15.8. The first-order chi connectivity index (χ1) is 13.0. The van der Waals surface area contributed by atoms with E-state index < -0.39 is 11.8 Å². The maximum atomic E-state index is 13.0. The lowest BCUT2D eigenvalue weighted by atomic mass is 10.1. The first kappa shape index (κ1) is 19.1. The molecule has 0 unspecified atom stereocenters. The summed E-state index contributed by atoms with van der Waals surface area (Å²) in [6, 6.07) is 9.99. The van der Waals surface area contributed by atoms with Gasteiger partial charge >= 0.3 is 5.97 Å². The van der Waals surface area contributed by atoms with Crippen molar-refractivity contribution < 1.29 is 23.5 Å². The Labute approximate surface area is 164 Å². The predicted molar refractivity (Wildman–Crippen MR) is 105 cm³/mol. The van der Waals surface area contributed by atoms with E-state index in [1.165, 1.54) is 36.0 Å². The van der Waals surface area contributed by atoms with Crippen molar-refractivity contribution in [1.29, 1.82) is 0 Å². The minimum absolute atomic E-state index is 0.220. The monoisotopic (exact) mass is 403 g/mol. The number of hydrogen-bond acceptors (Lipinski definition) is 6. The number of benzene rings is 2. The van der Waals surface area contributed by atoms with Crippen LogP contribution < -0.4 is 14.8 Å². The molecule has 1 heterocycles. The van der Waals surface area contributed by atoms with Gasteiger partial charge in [-0.1, -0.05) is 30.0 Å². The van der Waals surface area contributed by atoms with Gasteiger partial charge in [0, 0.05) is 0 Å². The average Bonchev–Trinajstić information content (AvgIpc) is 2.95. The Morgan fingerprint density at radius 2 is 1.96 bits per heavy atom. The van der Waals surface area contributed by atoms with E-state index in [0.717, 1.165) is 0 Å². The lowest BCUT2D eigenvalue weighted by Crippen LogP contribution is -2.17. The van der Waals surface area contributed by atoms with Gasteiger partial charge < -0.3 is 14.8 Å². The van der Waals surface area contributed by atoms with E-state index in [2.05, 4.69) is 5.32 Å². The fraction of sp³-hybridized carbons (Fsp3) is 0.105. The number of ether oxygens (including phenoxy) is 2. The van der Waals surface area contributed by atoms with Crippen molar-refractivity contribution in [2.45, 2.75) is 6.92 Å². The standard InChI is InChI=1S/C19H14FNO4S2/c1-2-24-15-9-11(10-16-17(22)21-19(26)27-16)3-8-14(15)25-18(23)12-4-6-13(20)7-5-12/h3-10H,2H2,1H3,(H,21,22,26). The van der Waals surface area contributed by atoms with E-state index in [1.54, 1.807) is 31.2 Å². The normalized spacial score (nSPS) is 15.0.